The second-order valence-corrected chi connectivity index (χ2v) is 7.48. The first kappa shape index (κ1) is 16.3. The van der Waals surface area contributed by atoms with Crippen LogP contribution in [0, 0.1) is 11.3 Å². The van der Waals surface area contributed by atoms with E-state index in [4.69, 9.17) is 4.74 Å². The van der Waals surface area contributed by atoms with Gasteiger partial charge in [-0.25, -0.2) is 0 Å². The van der Waals surface area contributed by atoms with Gasteiger partial charge in [-0.1, -0.05) is 20.8 Å². The molecule has 0 aromatic rings. The van der Waals surface area contributed by atoms with Crippen molar-refractivity contribution >= 4 is 0 Å². The van der Waals surface area contributed by atoms with Crippen LogP contribution in [0.5, 0.6) is 0 Å². The third-order valence-corrected chi connectivity index (χ3v) is 5.38. The van der Waals surface area contributed by atoms with E-state index in [1.807, 2.05) is 7.11 Å². The summed E-state index contributed by atoms with van der Waals surface area (Å²) in [6.45, 7) is 11.9. The summed E-state index contributed by atoms with van der Waals surface area (Å²) in [4.78, 5) is 2.64. The molecule has 3 nitrogen and oxygen atoms in total. The van der Waals surface area contributed by atoms with E-state index in [1.54, 1.807) is 0 Å². The number of ether oxygens (including phenoxy) is 1. The van der Waals surface area contributed by atoms with Crippen LogP contribution in [0.3, 0.4) is 0 Å². The van der Waals surface area contributed by atoms with Gasteiger partial charge in [-0.2, -0.15) is 0 Å². The first-order valence-electron chi connectivity index (χ1n) is 8.55. The minimum atomic E-state index is 0.455. The van der Waals surface area contributed by atoms with Crippen molar-refractivity contribution in [3.8, 4) is 0 Å². The van der Waals surface area contributed by atoms with E-state index in [2.05, 4.69) is 31.0 Å². The van der Waals surface area contributed by atoms with Crippen LogP contribution in [0.15, 0.2) is 0 Å². The van der Waals surface area contributed by atoms with Crippen LogP contribution in [0.1, 0.15) is 52.9 Å². The maximum atomic E-state index is 5.56. The molecule has 0 spiro atoms. The Morgan fingerprint density at radius 3 is 2.80 bits per heavy atom. The molecule has 2 fully saturated rings. The minimum Gasteiger partial charge on any atom is -0.380 e. The molecule has 20 heavy (non-hydrogen) atoms. The Hall–Kier alpha value is -0.120. The summed E-state index contributed by atoms with van der Waals surface area (Å²) in [5, 5.41) is 3.83. The van der Waals surface area contributed by atoms with E-state index < -0.39 is 0 Å². The molecule has 3 unspecified atom stereocenters. The van der Waals surface area contributed by atoms with Crippen LogP contribution in [-0.4, -0.2) is 50.3 Å². The van der Waals surface area contributed by atoms with Crippen molar-refractivity contribution < 1.29 is 4.74 Å². The van der Waals surface area contributed by atoms with Gasteiger partial charge in [0.05, 0.1) is 6.10 Å². The highest BCUT2D eigenvalue weighted by Crippen LogP contribution is 2.41. The lowest BCUT2D eigenvalue weighted by molar-refractivity contribution is 0.0235. The van der Waals surface area contributed by atoms with Gasteiger partial charge in [-0.15, -0.1) is 0 Å². The topological polar surface area (TPSA) is 24.5 Å². The zero-order valence-corrected chi connectivity index (χ0v) is 14.0. The second kappa shape index (κ2) is 7.24. The normalized spacial score (nSPS) is 34.5. The van der Waals surface area contributed by atoms with Gasteiger partial charge >= 0.3 is 0 Å². The molecule has 1 aliphatic carbocycles. The summed E-state index contributed by atoms with van der Waals surface area (Å²) in [7, 11) is 1.86. The van der Waals surface area contributed by atoms with Crippen LogP contribution < -0.4 is 5.32 Å². The predicted molar refractivity (Wildman–Crippen MR) is 85.1 cm³/mol. The maximum Gasteiger partial charge on any atom is 0.0698 e. The Kier molecular flexibility index (Phi) is 5.88. The minimum absolute atomic E-state index is 0.455. The van der Waals surface area contributed by atoms with Crippen molar-refractivity contribution in [2.45, 2.75) is 65.0 Å². The fourth-order valence-electron chi connectivity index (χ4n) is 4.16. The van der Waals surface area contributed by atoms with Gasteiger partial charge in [0.15, 0.2) is 0 Å². The number of hydrogen-bond acceptors (Lipinski definition) is 3. The quantitative estimate of drug-likeness (QED) is 0.811. The maximum absolute atomic E-state index is 5.56. The summed E-state index contributed by atoms with van der Waals surface area (Å²) in [5.74, 6) is 0.812. The average Bonchev–Trinajstić information content (AvgIpc) is 2.72. The lowest BCUT2D eigenvalue weighted by Crippen LogP contribution is -2.48. The average molecular weight is 282 g/mol. The molecule has 3 atom stereocenters. The summed E-state index contributed by atoms with van der Waals surface area (Å²) in [6, 6.07) is 0.686. The van der Waals surface area contributed by atoms with Crippen molar-refractivity contribution in [1.29, 1.82) is 0 Å². The van der Waals surface area contributed by atoms with Crippen molar-refractivity contribution in [2.75, 3.05) is 33.3 Å². The molecule has 0 aromatic heterocycles. The van der Waals surface area contributed by atoms with Gasteiger partial charge in [-0.05, 0) is 56.5 Å². The van der Waals surface area contributed by atoms with Gasteiger partial charge < -0.3 is 15.0 Å². The standard InChI is InChI=1S/C17H34N2O/c1-5-10-18-16-14(8-9-17(16,2)3)12-19-11-6-7-15(13-19)20-4/h14-16,18H,5-13H2,1-4H3. The number of piperidine rings is 1. The second-order valence-electron chi connectivity index (χ2n) is 7.48. The molecule has 2 rings (SSSR count). The zero-order valence-electron chi connectivity index (χ0n) is 14.0. The van der Waals surface area contributed by atoms with E-state index in [-0.39, 0.29) is 0 Å². The van der Waals surface area contributed by atoms with Crippen molar-refractivity contribution in [2.24, 2.45) is 11.3 Å². The Morgan fingerprint density at radius 2 is 2.10 bits per heavy atom. The highest BCUT2D eigenvalue weighted by molar-refractivity contribution is 4.97. The van der Waals surface area contributed by atoms with Crippen LogP contribution in [-0.2, 0) is 4.74 Å². The Labute approximate surface area is 125 Å². The molecular formula is C17H34N2O. The Balaban J connectivity index is 1.90. The predicted octanol–water partition coefficient (Wildman–Crippen LogP) is 2.90. The van der Waals surface area contributed by atoms with Gasteiger partial charge in [0.1, 0.15) is 0 Å². The first-order valence-corrected chi connectivity index (χ1v) is 8.55. The molecule has 1 aliphatic heterocycles. The number of methoxy groups -OCH3 is 1. The van der Waals surface area contributed by atoms with E-state index in [0.29, 0.717) is 17.6 Å². The molecule has 0 bridgehead atoms. The monoisotopic (exact) mass is 282 g/mol. The van der Waals surface area contributed by atoms with Crippen LogP contribution in [0.25, 0.3) is 0 Å². The molecular weight excluding hydrogens is 248 g/mol. The highest BCUT2D eigenvalue weighted by atomic mass is 16.5. The lowest BCUT2D eigenvalue weighted by Gasteiger charge is -2.37. The van der Waals surface area contributed by atoms with E-state index in [9.17, 15) is 0 Å². The third kappa shape index (κ3) is 3.96. The SMILES string of the molecule is CCCNC1C(CN2CCCC(OC)C2)CCC1(C)C. The van der Waals surface area contributed by atoms with Gasteiger partial charge in [-0.3, -0.25) is 0 Å². The number of hydrogen-bond donors (Lipinski definition) is 1. The summed E-state index contributed by atoms with van der Waals surface area (Å²) < 4.78 is 5.56. The van der Waals surface area contributed by atoms with Gasteiger partial charge in [0, 0.05) is 26.2 Å². The van der Waals surface area contributed by atoms with Gasteiger partial charge in [0.2, 0.25) is 0 Å². The summed E-state index contributed by atoms with van der Waals surface area (Å²) in [5.41, 5.74) is 0.455. The van der Waals surface area contributed by atoms with Crippen LogP contribution in [0.2, 0.25) is 0 Å². The first-order chi connectivity index (χ1) is 9.56. The molecule has 1 heterocycles. The Morgan fingerprint density at radius 1 is 1.30 bits per heavy atom. The van der Waals surface area contributed by atoms with Crippen molar-refractivity contribution in [1.82, 2.24) is 10.2 Å². The fourth-order valence-corrected chi connectivity index (χ4v) is 4.16. The zero-order chi connectivity index (χ0) is 14.6. The molecule has 1 saturated carbocycles. The van der Waals surface area contributed by atoms with E-state index in [0.717, 1.165) is 19.0 Å². The summed E-state index contributed by atoms with van der Waals surface area (Å²) >= 11 is 0. The molecule has 118 valence electrons. The number of rotatable bonds is 6. The van der Waals surface area contributed by atoms with Crippen molar-refractivity contribution in [3.63, 3.8) is 0 Å². The Bertz CT molecular complexity index is 293. The molecule has 2 aliphatic rings. The van der Waals surface area contributed by atoms with Gasteiger partial charge in [0.25, 0.3) is 0 Å². The number of nitrogens with one attached hydrogen (secondary N) is 1. The molecule has 0 aromatic carbocycles. The third-order valence-electron chi connectivity index (χ3n) is 5.38. The lowest BCUT2D eigenvalue weighted by atomic mass is 9.84. The van der Waals surface area contributed by atoms with E-state index >= 15 is 0 Å². The highest BCUT2D eigenvalue weighted by Gasteiger charge is 2.42. The van der Waals surface area contributed by atoms with E-state index in [1.165, 1.54) is 45.2 Å². The molecule has 1 saturated heterocycles. The van der Waals surface area contributed by atoms with Crippen LogP contribution >= 0.6 is 0 Å². The molecule has 0 amide bonds. The molecule has 0 radical (unpaired) electrons. The number of nitrogens with zero attached hydrogens (tertiary/aromatic N) is 1. The largest absolute Gasteiger partial charge is 0.380 e. The van der Waals surface area contributed by atoms with Crippen LogP contribution in [0.4, 0.5) is 0 Å². The molecule has 1 N–H and O–H groups in total. The smallest absolute Gasteiger partial charge is 0.0698 e. The molecule has 3 heteroatoms. The summed E-state index contributed by atoms with van der Waals surface area (Å²) in [6.07, 6.45) is 6.96. The fraction of sp³-hybridized carbons (Fsp3) is 1.00. The van der Waals surface area contributed by atoms with Crippen molar-refractivity contribution in [3.05, 3.63) is 0 Å². The number of likely N-dealkylation sites (tertiary alicyclic amines) is 1.